The largest absolute Gasteiger partial charge is 0.478 e. The molecule has 2 unspecified atom stereocenters. The van der Waals surface area contributed by atoms with Crippen LogP contribution >= 0.6 is 0 Å². The first-order chi connectivity index (χ1) is 13.4. The van der Waals surface area contributed by atoms with Gasteiger partial charge >= 0.3 is 5.97 Å². The Hall–Kier alpha value is -2.18. The predicted molar refractivity (Wildman–Crippen MR) is 106 cm³/mol. The molecule has 1 fully saturated rings. The number of rotatable bonds is 3. The van der Waals surface area contributed by atoms with Crippen LogP contribution in [-0.4, -0.2) is 54.4 Å². The van der Waals surface area contributed by atoms with E-state index in [1.807, 2.05) is 0 Å². The highest BCUT2D eigenvalue weighted by molar-refractivity contribution is 5.90. The van der Waals surface area contributed by atoms with E-state index in [0.717, 1.165) is 38.3 Å². The van der Waals surface area contributed by atoms with Gasteiger partial charge in [0.1, 0.15) is 0 Å². The summed E-state index contributed by atoms with van der Waals surface area (Å²) in [6.45, 7) is 7.71. The number of carbonyl (C=O) groups is 1. The molecule has 0 bridgehead atoms. The van der Waals surface area contributed by atoms with Crippen LogP contribution in [0, 0.1) is 11.2 Å². The van der Waals surface area contributed by atoms with Crippen molar-refractivity contribution in [1.29, 1.82) is 0 Å². The summed E-state index contributed by atoms with van der Waals surface area (Å²) in [4.78, 5) is 13.8. The third-order valence-electron chi connectivity index (χ3n) is 6.15. The maximum Gasteiger partial charge on any atom is 0.338 e. The number of hydrogen-bond acceptors (Lipinski definition) is 4. The van der Waals surface area contributed by atoms with Gasteiger partial charge in [0.2, 0.25) is 0 Å². The topological polar surface area (TPSA) is 61.8 Å². The molecule has 6 heteroatoms. The molecular formula is C22H27FN2O3. The SMILES string of the molecule is CC1(C)Cc2ccc(C(=O)O)c(F)c2NC1C1=CC=CC(N2CCOCC2)C1. The summed E-state index contributed by atoms with van der Waals surface area (Å²) < 4.78 is 20.3. The van der Waals surface area contributed by atoms with E-state index in [1.54, 1.807) is 6.07 Å². The van der Waals surface area contributed by atoms with E-state index in [0.29, 0.717) is 18.2 Å². The van der Waals surface area contributed by atoms with Crippen molar-refractivity contribution in [2.45, 2.75) is 38.8 Å². The van der Waals surface area contributed by atoms with Crippen molar-refractivity contribution < 1.29 is 19.0 Å². The van der Waals surface area contributed by atoms with Crippen molar-refractivity contribution in [1.82, 2.24) is 4.90 Å². The second-order valence-corrected chi connectivity index (χ2v) is 8.56. The molecule has 0 amide bonds. The molecule has 2 aliphatic heterocycles. The number of ether oxygens (including phenoxy) is 1. The summed E-state index contributed by atoms with van der Waals surface area (Å²) >= 11 is 0. The fourth-order valence-corrected chi connectivity index (χ4v) is 4.67. The van der Waals surface area contributed by atoms with Gasteiger partial charge in [0.25, 0.3) is 0 Å². The second-order valence-electron chi connectivity index (χ2n) is 8.56. The summed E-state index contributed by atoms with van der Waals surface area (Å²) in [6, 6.07) is 3.37. The van der Waals surface area contributed by atoms with Crippen LogP contribution in [0.5, 0.6) is 0 Å². The zero-order valence-corrected chi connectivity index (χ0v) is 16.4. The van der Waals surface area contributed by atoms with Crippen LogP contribution in [0.3, 0.4) is 0 Å². The molecule has 5 nitrogen and oxygen atoms in total. The van der Waals surface area contributed by atoms with Crippen LogP contribution in [0.25, 0.3) is 0 Å². The van der Waals surface area contributed by atoms with Crippen molar-refractivity contribution in [2.24, 2.45) is 5.41 Å². The molecule has 2 N–H and O–H groups in total. The Morgan fingerprint density at radius 2 is 2.07 bits per heavy atom. The monoisotopic (exact) mass is 386 g/mol. The van der Waals surface area contributed by atoms with Crippen molar-refractivity contribution in [3.8, 4) is 0 Å². The number of allylic oxidation sites excluding steroid dienone is 2. The smallest absolute Gasteiger partial charge is 0.338 e. The molecule has 0 aromatic heterocycles. The molecule has 28 heavy (non-hydrogen) atoms. The van der Waals surface area contributed by atoms with Gasteiger partial charge in [-0.05, 0) is 35.5 Å². The van der Waals surface area contributed by atoms with Gasteiger partial charge in [0.05, 0.1) is 30.5 Å². The number of halogens is 1. The molecule has 3 aliphatic rings. The average molecular weight is 386 g/mol. The van der Waals surface area contributed by atoms with E-state index in [-0.39, 0.29) is 17.0 Å². The number of anilines is 1. The number of morpholine rings is 1. The molecule has 0 radical (unpaired) electrons. The molecule has 2 atom stereocenters. The second kappa shape index (κ2) is 7.33. The van der Waals surface area contributed by atoms with E-state index < -0.39 is 11.8 Å². The Labute approximate surface area is 164 Å². The molecule has 1 aromatic rings. The van der Waals surface area contributed by atoms with E-state index in [4.69, 9.17) is 4.74 Å². The summed E-state index contributed by atoms with van der Waals surface area (Å²) in [5.41, 5.74) is 2.00. The first-order valence-corrected chi connectivity index (χ1v) is 9.87. The van der Waals surface area contributed by atoms with Gasteiger partial charge in [-0.25, -0.2) is 9.18 Å². The van der Waals surface area contributed by atoms with Crippen LogP contribution in [0.4, 0.5) is 10.1 Å². The van der Waals surface area contributed by atoms with E-state index in [9.17, 15) is 14.3 Å². The normalized spacial score (nSPS) is 26.9. The molecule has 1 saturated heterocycles. The number of aromatic carboxylic acids is 1. The van der Waals surface area contributed by atoms with Crippen molar-refractivity contribution >= 4 is 11.7 Å². The summed E-state index contributed by atoms with van der Waals surface area (Å²) in [5, 5.41) is 12.6. The van der Waals surface area contributed by atoms with Crippen LogP contribution in [-0.2, 0) is 11.2 Å². The molecular weight excluding hydrogens is 359 g/mol. The molecule has 0 saturated carbocycles. The highest BCUT2D eigenvalue weighted by atomic mass is 19.1. The predicted octanol–water partition coefficient (Wildman–Crippen LogP) is 3.47. The van der Waals surface area contributed by atoms with E-state index in [1.165, 1.54) is 11.6 Å². The number of hydrogen-bond donors (Lipinski definition) is 2. The lowest BCUT2D eigenvalue weighted by Gasteiger charge is -2.44. The maximum atomic E-state index is 14.9. The molecule has 1 aromatic carbocycles. The molecule has 150 valence electrons. The quantitative estimate of drug-likeness (QED) is 0.833. The molecule has 4 rings (SSSR count). The Bertz CT molecular complexity index is 840. The lowest BCUT2D eigenvalue weighted by Crippen LogP contribution is -2.47. The minimum atomic E-state index is -1.24. The first kappa shape index (κ1) is 19.2. The van der Waals surface area contributed by atoms with Crippen molar-refractivity contribution in [3.63, 3.8) is 0 Å². The highest BCUT2D eigenvalue weighted by Crippen LogP contribution is 2.43. The minimum Gasteiger partial charge on any atom is -0.478 e. The average Bonchev–Trinajstić information content (AvgIpc) is 2.67. The fraction of sp³-hybridized carbons (Fsp3) is 0.500. The van der Waals surface area contributed by atoms with Crippen molar-refractivity contribution in [2.75, 3.05) is 31.6 Å². The lowest BCUT2D eigenvalue weighted by atomic mass is 9.71. The first-order valence-electron chi connectivity index (χ1n) is 9.87. The number of carboxylic acid groups (broad SMARTS) is 1. The Morgan fingerprint density at radius 3 is 2.79 bits per heavy atom. The number of benzene rings is 1. The van der Waals surface area contributed by atoms with Crippen LogP contribution in [0.1, 0.15) is 36.2 Å². The van der Waals surface area contributed by atoms with Gasteiger partial charge in [-0.2, -0.15) is 0 Å². The number of carboxylic acids is 1. The van der Waals surface area contributed by atoms with E-state index >= 15 is 0 Å². The van der Waals surface area contributed by atoms with Gasteiger partial charge < -0.3 is 15.2 Å². The summed E-state index contributed by atoms with van der Waals surface area (Å²) in [6.07, 6.45) is 8.02. The summed E-state index contributed by atoms with van der Waals surface area (Å²) in [5.74, 6) is -1.90. The zero-order chi connectivity index (χ0) is 19.9. The number of nitrogens with one attached hydrogen (secondary N) is 1. The van der Waals surface area contributed by atoms with Gasteiger partial charge in [0.15, 0.2) is 5.82 Å². The highest BCUT2D eigenvalue weighted by Gasteiger charge is 2.40. The maximum absolute atomic E-state index is 14.9. The minimum absolute atomic E-state index is 0.0490. The Morgan fingerprint density at radius 1 is 1.32 bits per heavy atom. The molecule has 2 heterocycles. The number of nitrogens with zero attached hydrogens (tertiary/aromatic N) is 1. The van der Waals surface area contributed by atoms with Crippen molar-refractivity contribution in [3.05, 3.63) is 52.9 Å². The summed E-state index contributed by atoms with van der Waals surface area (Å²) in [7, 11) is 0. The third kappa shape index (κ3) is 3.47. The standard InChI is InChI=1S/C22H27FN2O3/c1-22(2)13-15-6-7-17(21(26)27)18(23)19(15)24-20(22)14-4-3-5-16(12-14)25-8-10-28-11-9-25/h3-7,16,20,24H,8-13H2,1-2H3,(H,26,27). The zero-order valence-electron chi connectivity index (χ0n) is 16.4. The van der Waals surface area contributed by atoms with Gasteiger partial charge in [-0.3, -0.25) is 4.90 Å². The number of fused-ring (bicyclic) bond motifs is 1. The van der Waals surface area contributed by atoms with E-state index in [2.05, 4.69) is 42.3 Å². The van der Waals surface area contributed by atoms with Gasteiger partial charge in [-0.15, -0.1) is 0 Å². The van der Waals surface area contributed by atoms with Crippen LogP contribution < -0.4 is 5.32 Å². The fourth-order valence-electron chi connectivity index (χ4n) is 4.67. The Balaban J connectivity index is 1.61. The third-order valence-corrected chi connectivity index (χ3v) is 6.15. The van der Waals surface area contributed by atoms with Gasteiger partial charge in [-0.1, -0.05) is 38.1 Å². The molecule has 0 spiro atoms. The Kier molecular flexibility index (Phi) is 5.02. The van der Waals surface area contributed by atoms with Crippen LogP contribution in [0.2, 0.25) is 0 Å². The van der Waals surface area contributed by atoms with Gasteiger partial charge in [0, 0.05) is 19.1 Å². The lowest BCUT2D eigenvalue weighted by molar-refractivity contribution is 0.0250. The molecule has 1 aliphatic carbocycles. The van der Waals surface area contributed by atoms with Crippen LogP contribution in [0.15, 0.2) is 35.9 Å².